The number of hydrazone groups is 1. The lowest BCUT2D eigenvalue weighted by Crippen LogP contribution is -2.45. The fourth-order valence-electron chi connectivity index (χ4n) is 4.73. The number of nitrogens with one attached hydrogen (secondary N) is 1. The number of para-hydroxylation sites is 1. The highest BCUT2D eigenvalue weighted by molar-refractivity contribution is 6.04. The first-order chi connectivity index (χ1) is 18.6. The summed E-state index contributed by atoms with van der Waals surface area (Å²) in [5, 5.41) is 9.36. The molecule has 0 bridgehead atoms. The summed E-state index contributed by atoms with van der Waals surface area (Å²) >= 11 is 0. The number of amides is 1. The van der Waals surface area contributed by atoms with Gasteiger partial charge in [-0.15, -0.1) is 0 Å². The van der Waals surface area contributed by atoms with Gasteiger partial charge in [-0.1, -0.05) is 36.4 Å². The van der Waals surface area contributed by atoms with E-state index in [1.54, 1.807) is 23.3 Å². The van der Waals surface area contributed by atoms with Crippen molar-refractivity contribution in [1.82, 2.24) is 15.3 Å². The number of fused-ring (bicyclic) bond motifs is 3. The molecule has 1 N–H and O–H groups in total. The smallest absolute Gasteiger partial charge is 0.251 e. The second-order valence-electron chi connectivity index (χ2n) is 9.11. The van der Waals surface area contributed by atoms with Crippen LogP contribution >= 0.6 is 0 Å². The molecular weight excluding hydrogens is 483 g/mol. The van der Waals surface area contributed by atoms with Gasteiger partial charge >= 0.3 is 0 Å². The lowest BCUT2D eigenvalue weighted by molar-refractivity contribution is -0.00456. The number of ketones is 1. The molecule has 2 unspecified atom stereocenters. The Morgan fingerprint density at radius 1 is 0.921 bits per heavy atom. The molecule has 1 aromatic heterocycles. The van der Waals surface area contributed by atoms with Crippen LogP contribution in [0.1, 0.15) is 50.0 Å². The predicted octanol–water partition coefficient (Wildman–Crippen LogP) is 4.90. The van der Waals surface area contributed by atoms with Crippen molar-refractivity contribution in [3.05, 3.63) is 131 Å². The molecule has 0 radical (unpaired) electrons. The Labute approximate surface area is 218 Å². The molecule has 0 spiro atoms. The maximum Gasteiger partial charge on any atom is 0.251 e. The Hall–Kier alpha value is -4.85. The summed E-state index contributed by atoms with van der Waals surface area (Å²) in [6.45, 7) is 0.341. The van der Waals surface area contributed by atoms with E-state index in [0.29, 0.717) is 29.8 Å². The summed E-state index contributed by atoms with van der Waals surface area (Å²) in [5.74, 6) is -0.273. The van der Waals surface area contributed by atoms with Gasteiger partial charge in [-0.25, -0.2) is 9.40 Å². The number of rotatable bonds is 6. The zero-order chi connectivity index (χ0) is 26.1. The molecule has 0 aliphatic carbocycles. The molecule has 6 rings (SSSR count). The molecule has 1 amide bonds. The topological polar surface area (TPSA) is 83.9 Å². The van der Waals surface area contributed by atoms with Crippen LogP contribution in [0, 0.1) is 5.82 Å². The maximum absolute atomic E-state index is 13.4. The van der Waals surface area contributed by atoms with Crippen molar-refractivity contribution in [2.75, 3.05) is 0 Å². The first-order valence-corrected chi connectivity index (χ1v) is 12.3. The molecule has 2 aliphatic heterocycles. The van der Waals surface area contributed by atoms with Crippen molar-refractivity contribution in [3.8, 4) is 5.75 Å². The van der Waals surface area contributed by atoms with Gasteiger partial charge in [0.05, 0.1) is 24.0 Å². The molecule has 0 saturated carbocycles. The Morgan fingerprint density at radius 2 is 1.66 bits per heavy atom. The average molecular weight is 507 g/mol. The van der Waals surface area contributed by atoms with Crippen LogP contribution in [0.25, 0.3) is 0 Å². The molecule has 7 nitrogen and oxygen atoms in total. The minimum Gasteiger partial charge on any atom is -0.461 e. The second kappa shape index (κ2) is 9.89. The van der Waals surface area contributed by atoms with Crippen molar-refractivity contribution >= 4 is 17.4 Å². The molecule has 188 valence electrons. The van der Waals surface area contributed by atoms with Gasteiger partial charge in [-0.05, 0) is 60.2 Å². The number of nitrogens with zero attached hydrogens (tertiary/aromatic N) is 3. The number of ether oxygens (including phenoxy) is 1. The van der Waals surface area contributed by atoms with E-state index in [0.717, 1.165) is 22.5 Å². The minimum atomic E-state index is -0.977. The Morgan fingerprint density at radius 3 is 2.42 bits per heavy atom. The van der Waals surface area contributed by atoms with Gasteiger partial charge < -0.3 is 10.1 Å². The van der Waals surface area contributed by atoms with Crippen molar-refractivity contribution < 1.29 is 18.7 Å². The number of halogens is 1. The van der Waals surface area contributed by atoms with Gasteiger partial charge in [-0.3, -0.25) is 14.6 Å². The van der Waals surface area contributed by atoms with Crippen molar-refractivity contribution in [2.45, 2.75) is 25.2 Å². The van der Waals surface area contributed by atoms with E-state index in [9.17, 15) is 14.0 Å². The standard InChI is InChI=1S/C30H23FN4O3/c31-22-14-12-20(13-15-22)28(36)30-35-26(24-6-1-2-7-27(24)38-30)17-25(34-35)19-8-10-21(11-9-19)29(37)33-18-23-5-3-4-16-32-23/h1-16,26,30H,17-18H2,(H,33,37). The molecule has 2 aliphatic rings. The number of benzene rings is 3. The van der Waals surface area contributed by atoms with Gasteiger partial charge in [0, 0.05) is 29.3 Å². The molecule has 8 heteroatoms. The summed E-state index contributed by atoms with van der Waals surface area (Å²) in [4.78, 5) is 30.2. The van der Waals surface area contributed by atoms with Crippen molar-refractivity contribution in [3.63, 3.8) is 0 Å². The molecule has 0 saturated heterocycles. The molecule has 0 fully saturated rings. The van der Waals surface area contributed by atoms with E-state index in [1.807, 2.05) is 54.6 Å². The Bertz CT molecular complexity index is 1520. The lowest BCUT2D eigenvalue weighted by Gasteiger charge is -2.37. The van der Waals surface area contributed by atoms with E-state index >= 15 is 0 Å². The van der Waals surface area contributed by atoms with Crippen LogP contribution in [-0.4, -0.2) is 33.6 Å². The molecular formula is C30H23FN4O3. The average Bonchev–Trinajstić information content (AvgIpc) is 3.42. The minimum absolute atomic E-state index is 0.189. The van der Waals surface area contributed by atoms with Gasteiger partial charge in [0.15, 0.2) is 0 Å². The van der Waals surface area contributed by atoms with Crippen LogP contribution in [-0.2, 0) is 6.54 Å². The number of carbonyl (C=O) groups is 2. The summed E-state index contributed by atoms with van der Waals surface area (Å²) in [5.41, 5.74) is 4.23. The zero-order valence-corrected chi connectivity index (χ0v) is 20.3. The normalized spacial score (nSPS) is 17.6. The van der Waals surface area contributed by atoms with Crippen LogP contribution in [0.4, 0.5) is 4.39 Å². The summed E-state index contributed by atoms with van der Waals surface area (Å²) in [6, 6.07) is 25.6. The molecule has 38 heavy (non-hydrogen) atoms. The number of Topliss-reactive ketones (excluding diaryl/α,β-unsaturated/α-hetero) is 1. The lowest BCUT2D eigenvalue weighted by atomic mass is 9.95. The highest BCUT2D eigenvalue weighted by Crippen LogP contribution is 2.43. The van der Waals surface area contributed by atoms with E-state index in [1.165, 1.54) is 24.3 Å². The van der Waals surface area contributed by atoms with Gasteiger partial charge in [0.1, 0.15) is 11.6 Å². The van der Waals surface area contributed by atoms with Crippen LogP contribution in [0.3, 0.4) is 0 Å². The van der Waals surface area contributed by atoms with Crippen LogP contribution in [0.15, 0.2) is 102 Å². The molecule has 3 heterocycles. The van der Waals surface area contributed by atoms with Gasteiger partial charge in [0.25, 0.3) is 12.1 Å². The number of pyridine rings is 1. The van der Waals surface area contributed by atoms with Gasteiger partial charge in [-0.2, -0.15) is 5.10 Å². The van der Waals surface area contributed by atoms with E-state index < -0.39 is 12.0 Å². The monoisotopic (exact) mass is 506 g/mol. The number of carbonyl (C=O) groups excluding carboxylic acids is 2. The third kappa shape index (κ3) is 4.52. The van der Waals surface area contributed by atoms with Crippen molar-refractivity contribution in [1.29, 1.82) is 0 Å². The van der Waals surface area contributed by atoms with Crippen LogP contribution in [0.5, 0.6) is 5.75 Å². The third-order valence-electron chi connectivity index (χ3n) is 6.69. The highest BCUT2D eigenvalue weighted by Gasteiger charge is 2.43. The largest absolute Gasteiger partial charge is 0.461 e. The first-order valence-electron chi connectivity index (χ1n) is 12.3. The summed E-state index contributed by atoms with van der Waals surface area (Å²) in [7, 11) is 0. The number of hydrogen-bond donors (Lipinski definition) is 1. The number of hydrogen-bond acceptors (Lipinski definition) is 6. The molecule has 3 aromatic carbocycles. The van der Waals surface area contributed by atoms with E-state index in [2.05, 4.69) is 10.3 Å². The quantitative estimate of drug-likeness (QED) is 0.376. The fraction of sp³-hybridized carbons (Fsp3) is 0.133. The van der Waals surface area contributed by atoms with E-state index in [-0.39, 0.29) is 17.7 Å². The fourth-order valence-corrected chi connectivity index (χ4v) is 4.73. The Balaban J connectivity index is 1.24. The second-order valence-corrected chi connectivity index (χ2v) is 9.11. The third-order valence-corrected chi connectivity index (χ3v) is 6.69. The van der Waals surface area contributed by atoms with Crippen LogP contribution in [0.2, 0.25) is 0 Å². The number of aromatic nitrogens is 1. The highest BCUT2D eigenvalue weighted by atomic mass is 19.1. The Kier molecular flexibility index (Phi) is 6.13. The SMILES string of the molecule is O=C(NCc1ccccn1)c1ccc(C2=NN3C(C(=O)c4ccc(F)cc4)Oc4ccccc4C3C2)cc1. The maximum atomic E-state index is 13.4. The molecule has 4 aromatic rings. The molecule has 2 atom stereocenters. The predicted molar refractivity (Wildman–Crippen MR) is 139 cm³/mol. The summed E-state index contributed by atoms with van der Waals surface area (Å²) in [6.07, 6.45) is 1.28. The van der Waals surface area contributed by atoms with Crippen molar-refractivity contribution in [2.24, 2.45) is 5.10 Å². The summed E-state index contributed by atoms with van der Waals surface area (Å²) < 4.78 is 19.5. The van der Waals surface area contributed by atoms with E-state index in [4.69, 9.17) is 9.84 Å². The van der Waals surface area contributed by atoms with Crippen LogP contribution < -0.4 is 10.1 Å². The van der Waals surface area contributed by atoms with Gasteiger partial charge in [0.2, 0.25) is 5.78 Å². The first kappa shape index (κ1) is 23.5. The zero-order valence-electron chi connectivity index (χ0n) is 20.3.